The Morgan fingerprint density at radius 2 is 1.68 bits per heavy atom. The maximum absolute atomic E-state index is 5.43. The number of methoxy groups -OCH3 is 3. The quantitative estimate of drug-likeness (QED) is 0.838. The minimum atomic E-state index is 0.472. The van der Waals surface area contributed by atoms with Gasteiger partial charge in [-0.1, -0.05) is 18.2 Å². The summed E-state index contributed by atoms with van der Waals surface area (Å²) in [6.07, 6.45) is 1.14. The van der Waals surface area contributed by atoms with Crippen molar-refractivity contribution in [2.75, 3.05) is 39.3 Å². The molecule has 1 saturated heterocycles. The molecule has 0 radical (unpaired) electrons. The Morgan fingerprint density at radius 1 is 1.00 bits per heavy atom. The van der Waals surface area contributed by atoms with Crippen LogP contribution >= 0.6 is 0 Å². The van der Waals surface area contributed by atoms with Crippen molar-refractivity contribution < 1.29 is 14.2 Å². The van der Waals surface area contributed by atoms with E-state index in [0.29, 0.717) is 23.3 Å². The van der Waals surface area contributed by atoms with Crippen LogP contribution in [0.3, 0.4) is 0 Å². The van der Waals surface area contributed by atoms with Crippen LogP contribution in [0.1, 0.15) is 12.0 Å². The second-order valence-corrected chi connectivity index (χ2v) is 6.18. The second kappa shape index (κ2) is 8.12. The molecule has 1 atom stereocenters. The van der Waals surface area contributed by atoms with Gasteiger partial charge in [0.15, 0.2) is 11.5 Å². The first-order valence-corrected chi connectivity index (χ1v) is 8.57. The van der Waals surface area contributed by atoms with E-state index in [4.69, 9.17) is 14.2 Å². The Morgan fingerprint density at radius 3 is 2.28 bits per heavy atom. The van der Waals surface area contributed by atoms with Gasteiger partial charge >= 0.3 is 0 Å². The minimum absolute atomic E-state index is 0.472. The highest BCUT2D eigenvalue weighted by Gasteiger charge is 2.22. The molecule has 0 aliphatic carbocycles. The number of benzene rings is 2. The molecule has 1 N–H and O–H groups in total. The third-order valence-corrected chi connectivity index (χ3v) is 4.63. The number of hydrogen-bond donors (Lipinski definition) is 1. The molecule has 5 nitrogen and oxygen atoms in total. The molecule has 0 bridgehead atoms. The van der Waals surface area contributed by atoms with Crippen molar-refractivity contribution in [3.63, 3.8) is 0 Å². The van der Waals surface area contributed by atoms with Crippen molar-refractivity contribution in [2.24, 2.45) is 0 Å². The van der Waals surface area contributed by atoms with E-state index in [1.165, 1.54) is 5.69 Å². The predicted octanol–water partition coefficient (Wildman–Crippen LogP) is 3.08. The van der Waals surface area contributed by atoms with Crippen LogP contribution in [0.2, 0.25) is 0 Å². The van der Waals surface area contributed by atoms with E-state index in [2.05, 4.69) is 40.5 Å². The van der Waals surface area contributed by atoms with E-state index < -0.39 is 0 Å². The van der Waals surface area contributed by atoms with Gasteiger partial charge in [0, 0.05) is 31.4 Å². The number of anilines is 1. The average Bonchev–Trinajstić information content (AvgIpc) is 3.15. The van der Waals surface area contributed by atoms with Gasteiger partial charge in [0.1, 0.15) is 0 Å². The van der Waals surface area contributed by atoms with Gasteiger partial charge in [0.05, 0.1) is 21.3 Å². The summed E-state index contributed by atoms with van der Waals surface area (Å²) < 4.78 is 16.2. The number of para-hydroxylation sites is 1. The monoisotopic (exact) mass is 342 g/mol. The van der Waals surface area contributed by atoms with Gasteiger partial charge in [-0.15, -0.1) is 0 Å². The molecule has 3 rings (SSSR count). The summed E-state index contributed by atoms with van der Waals surface area (Å²) in [5.74, 6) is 2.01. The van der Waals surface area contributed by atoms with Crippen LogP contribution in [0.25, 0.3) is 0 Å². The van der Waals surface area contributed by atoms with E-state index in [9.17, 15) is 0 Å². The highest BCUT2D eigenvalue weighted by Crippen LogP contribution is 2.38. The Balaban J connectivity index is 1.62. The first-order valence-electron chi connectivity index (χ1n) is 8.57. The van der Waals surface area contributed by atoms with Crippen LogP contribution < -0.4 is 24.4 Å². The summed E-state index contributed by atoms with van der Waals surface area (Å²) in [5.41, 5.74) is 2.41. The molecule has 2 aromatic rings. The van der Waals surface area contributed by atoms with Crippen molar-refractivity contribution in [2.45, 2.75) is 19.0 Å². The van der Waals surface area contributed by atoms with Crippen LogP contribution in [0.4, 0.5) is 5.69 Å². The molecule has 1 aliphatic heterocycles. The molecule has 0 spiro atoms. The molecule has 0 amide bonds. The fourth-order valence-electron chi connectivity index (χ4n) is 3.30. The summed E-state index contributed by atoms with van der Waals surface area (Å²) in [6.45, 7) is 2.87. The molecule has 25 heavy (non-hydrogen) atoms. The number of hydrogen-bond acceptors (Lipinski definition) is 5. The highest BCUT2D eigenvalue weighted by atomic mass is 16.5. The standard InChI is InChI=1S/C20H26N2O3/c1-23-18-11-15(12-19(24-2)20(18)25-3)13-21-16-9-10-22(14-16)17-7-5-4-6-8-17/h4-8,11-12,16,21H,9-10,13-14H2,1-3H3/t16-/m1/s1. The van der Waals surface area contributed by atoms with Gasteiger partial charge in [0.2, 0.25) is 5.75 Å². The predicted molar refractivity (Wildman–Crippen MR) is 100.0 cm³/mol. The lowest BCUT2D eigenvalue weighted by Crippen LogP contribution is -2.32. The number of nitrogens with one attached hydrogen (secondary N) is 1. The molecule has 0 aromatic heterocycles. The zero-order chi connectivity index (χ0) is 17.6. The fraction of sp³-hybridized carbons (Fsp3) is 0.400. The van der Waals surface area contributed by atoms with E-state index in [1.54, 1.807) is 21.3 Å². The Labute approximate surface area is 149 Å². The first-order chi connectivity index (χ1) is 12.2. The highest BCUT2D eigenvalue weighted by molar-refractivity contribution is 5.54. The number of ether oxygens (including phenoxy) is 3. The maximum Gasteiger partial charge on any atom is 0.203 e. The van der Waals surface area contributed by atoms with Crippen molar-refractivity contribution in [1.29, 1.82) is 0 Å². The van der Waals surface area contributed by atoms with E-state index in [-0.39, 0.29) is 0 Å². The van der Waals surface area contributed by atoms with Crippen molar-refractivity contribution in [3.05, 3.63) is 48.0 Å². The van der Waals surface area contributed by atoms with Crippen molar-refractivity contribution in [3.8, 4) is 17.2 Å². The van der Waals surface area contributed by atoms with Crippen LogP contribution in [0, 0.1) is 0 Å². The molecule has 1 aliphatic rings. The largest absolute Gasteiger partial charge is 0.493 e. The van der Waals surface area contributed by atoms with E-state index in [0.717, 1.165) is 31.6 Å². The van der Waals surface area contributed by atoms with Gasteiger partial charge in [-0.3, -0.25) is 0 Å². The summed E-state index contributed by atoms with van der Waals surface area (Å²) in [5, 5.41) is 3.64. The second-order valence-electron chi connectivity index (χ2n) is 6.18. The molecule has 2 aromatic carbocycles. The Hall–Kier alpha value is -2.40. The summed E-state index contributed by atoms with van der Waals surface area (Å²) >= 11 is 0. The summed E-state index contributed by atoms with van der Waals surface area (Å²) in [7, 11) is 4.90. The van der Waals surface area contributed by atoms with E-state index in [1.807, 2.05) is 12.1 Å². The molecule has 1 fully saturated rings. The van der Waals surface area contributed by atoms with Crippen LogP contribution in [-0.2, 0) is 6.54 Å². The number of rotatable bonds is 7. The summed E-state index contributed by atoms with van der Waals surface area (Å²) in [4.78, 5) is 2.42. The van der Waals surface area contributed by atoms with Gasteiger partial charge in [-0.25, -0.2) is 0 Å². The molecule has 1 heterocycles. The summed E-state index contributed by atoms with van der Waals surface area (Å²) in [6, 6.07) is 15.0. The van der Waals surface area contributed by atoms with Crippen LogP contribution in [-0.4, -0.2) is 40.5 Å². The zero-order valence-electron chi connectivity index (χ0n) is 15.1. The lowest BCUT2D eigenvalue weighted by atomic mass is 10.1. The fourth-order valence-corrected chi connectivity index (χ4v) is 3.30. The van der Waals surface area contributed by atoms with Gasteiger partial charge < -0.3 is 24.4 Å². The molecular formula is C20H26N2O3. The molecule has 0 unspecified atom stereocenters. The minimum Gasteiger partial charge on any atom is -0.493 e. The number of nitrogens with zero attached hydrogens (tertiary/aromatic N) is 1. The van der Waals surface area contributed by atoms with Crippen LogP contribution in [0.15, 0.2) is 42.5 Å². The average molecular weight is 342 g/mol. The van der Waals surface area contributed by atoms with Crippen molar-refractivity contribution >= 4 is 5.69 Å². The third kappa shape index (κ3) is 3.99. The molecule has 134 valence electrons. The van der Waals surface area contributed by atoms with Crippen LogP contribution in [0.5, 0.6) is 17.2 Å². The van der Waals surface area contributed by atoms with Gasteiger partial charge in [0.25, 0.3) is 0 Å². The Kier molecular flexibility index (Phi) is 5.66. The van der Waals surface area contributed by atoms with E-state index >= 15 is 0 Å². The molecule has 5 heteroatoms. The Bertz CT molecular complexity index is 666. The first kappa shape index (κ1) is 17.4. The van der Waals surface area contributed by atoms with Gasteiger partial charge in [-0.2, -0.15) is 0 Å². The normalized spacial score (nSPS) is 16.8. The maximum atomic E-state index is 5.43. The lowest BCUT2D eigenvalue weighted by molar-refractivity contribution is 0.323. The molecular weight excluding hydrogens is 316 g/mol. The van der Waals surface area contributed by atoms with Gasteiger partial charge in [-0.05, 0) is 36.2 Å². The molecule has 0 saturated carbocycles. The van der Waals surface area contributed by atoms with Crippen molar-refractivity contribution in [1.82, 2.24) is 5.32 Å². The third-order valence-electron chi connectivity index (χ3n) is 4.63. The lowest BCUT2D eigenvalue weighted by Gasteiger charge is -2.19. The smallest absolute Gasteiger partial charge is 0.203 e. The zero-order valence-corrected chi connectivity index (χ0v) is 15.1. The topological polar surface area (TPSA) is 43.0 Å². The SMILES string of the molecule is COc1cc(CN[C@@H]2CCN(c3ccccc3)C2)cc(OC)c1OC.